The van der Waals surface area contributed by atoms with E-state index in [-0.39, 0.29) is 6.03 Å². The Morgan fingerprint density at radius 1 is 1.17 bits per heavy atom. The minimum absolute atomic E-state index is 0.0798. The van der Waals surface area contributed by atoms with E-state index in [4.69, 9.17) is 14.7 Å². The summed E-state index contributed by atoms with van der Waals surface area (Å²) in [4.78, 5) is 32.4. The number of carbonyl (C=O) groups is 1. The lowest BCUT2D eigenvalue weighted by atomic mass is 10.0. The number of carbonyl (C=O) groups excluding carboxylic acids is 1. The van der Waals surface area contributed by atoms with Crippen molar-refractivity contribution in [3.05, 3.63) is 40.5 Å². The number of aromatic nitrogens is 2. The van der Waals surface area contributed by atoms with Crippen molar-refractivity contribution in [3.8, 4) is 5.75 Å². The number of anilines is 2. The fraction of sp³-hybridized carbons (Fsp3) is 0.519. The molecule has 0 bridgehead atoms. The summed E-state index contributed by atoms with van der Waals surface area (Å²) in [5.74, 6) is 3.21. The summed E-state index contributed by atoms with van der Waals surface area (Å²) in [5.41, 5.74) is 2.17. The number of likely N-dealkylation sites (N-methyl/N-ethyl adjacent to an activating group) is 1. The standard InChI is InChI=1S/C27H36N6O2S/c1-5-31-10-9-21-22(17-31)36-26-24(21)25(29-23(30-26)15-18(2)3)32-11-13-33(14-12-32)27(34)28-19-7-6-8-20(16-19)35-4/h6-8,16,18H,5,9-15,17H2,1-4H3,(H,28,34). The van der Waals surface area contributed by atoms with E-state index in [0.717, 1.165) is 73.5 Å². The van der Waals surface area contributed by atoms with Gasteiger partial charge in [0.1, 0.15) is 22.2 Å². The molecule has 0 aliphatic carbocycles. The lowest BCUT2D eigenvalue weighted by Crippen LogP contribution is -2.50. The Labute approximate surface area is 217 Å². The molecule has 0 unspecified atom stereocenters. The van der Waals surface area contributed by atoms with Crippen molar-refractivity contribution < 1.29 is 9.53 Å². The highest BCUT2D eigenvalue weighted by Crippen LogP contribution is 2.39. The van der Waals surface area contributed by atoms with Gasteiger partial charge in [0.25, 0.3) is 0 Å². The van der Waals surface area contributed by atoms with Gasteiger partial charge in [0, 0.05) is 62.3 Å². The molecular weight excluding hydrogens is 472 g/mol. The monoisotopic (exact) mass is 508 g/mol. The van der Waals surface area contributed by atoms with Gasteiger partial charge >= 0.3 is 6.03 Å². The number of hydrogen-bond donors (Lipinski definition) is 1. The molecule has 2 aliphatic rings. The van der Waals surface area contributed by atoms with Gasteiger partial charge in [0.15, 0.2) is 0 Å². The normalized spacial score (nSPS) is 16.5. The molecule has 2 aromatic heterocycles. The summed E-state index contributed by atoms with van der Waals surface area (Å²) in [7, 11) is 1.63. The summed E-state index contributed by atoms with van der Waals surface area (Å²) in [6.45, 7) is 12.6. The zero-order valence-corrected chi connectivity index (χ0v) is 22.5. The van der Waals surface area contributed by atoms with E-state index in [1.165, 1.54) is 15.8 Å². The van der Waals surface area contributed by atoms with E-state index >= 15 is 0 Å². The Hall–Kier alpha value is -2.91. The summed E-state index contributed by atoms with van der Waals surface area (Å²) in [5, 5.41) is 4.25. The van der Waals surface area contributed by atoms with Crippen LogP contribution in [-0.2, 0) is 19.4 Å². The van der Waals surface area contributed by atoms with Gasteiger partial charge in [-0.05, 0) is 36.6 Å². The largest absolute Gasteiger partial charge is 0.497 e. The zero-order valence-electron chi connectivity index (χ0n) is 21.7. The maximum atomic E-state index is 12.9. The van der Waals surface area contributed by atoms with Crippen LogP contribution < -0.4 is 15.0 Å². The number of benzene rings is 1. The molecule has 1 saturated heterocycles. The maximum absolute atomic E-state index is 12.9. The number of urea groups is 1. The maximum Gasteiger partial charge on any atom is 0.321 e. The molecule has 0 atom stereocenters. The molecule has 0 spiro atoms. The molecule has 1 aromatic carbocycles. The summed E-state index contributed by atoms with van der Waals surface area (Å²) < 4.78 is 5.27. The van der Waals surface area contributed by atoms with Crippen LogP contribution in [0, 0.1) is 5.92 Å². The molecule has 0 radical (unpaired) electrons. The van der Waals surface area contributed by atoms with Gasteiger partial charge in [0.05, 0.1) is 12.5 Å². The van der Waals surface area contributed by atoms with Gasteiger partial charge in [-0.1, -0.05) is 26.8 Å². The van der Waals surface area contributed by atoms with Crippen molar-refractivity contribution >= 4 is 39.1 Å². The number of piperazine rings is 1. The van der Waals surface area contributed by atoms with Crippen LogP contribution in [0.25, 0.3) is 10.2 Å². The number of ether oxygens (including phenoxy) is 1. The minimum atomic E-state index is -0.0798. The van der Waals surface area contributed by atoms with E-state index in [0.29, 0.717) is 19.0 Å². The highest BCUT2D eigenvalue weighted by Gasteiger charge is 2.28. The lowest BCUT2D eigenvalue weighted by molar-refractivity contribution is 0.208. The van der Waals surface area contributed by atoms with Crippen molar-refractivity contribution in [1.82, 2.24) is 19.8 Å². The lowest BCUT2D eigenvalue weighted by Gasteiger charge is -2.36. The van der Waals surface area contributed by atoms with Gasteiger partial charge in [-0.15, -0.1) is 11.3 Å². The molecule has 1 fully saturated rings. The quantitative estimate of drug-likeness (QED) is 0.523. The Balaban J connectivity index is 1.36. The Morgan fingerprint density at radius 2 is 1.97 bits per heavy atom. The molecule has 8 nitrogen and oxygen atoms in total. The van der Waals surface area contributed by atoms with Crippen molar-refractivity contribution in [1.29, 1.82) is 0 Å². The van der Waals surface area contributed by atoms with Gasteiger partial charge in [0.2, 0.25) is 0 Å². The molecule has 36 heavy (non-hydrogen) atoms. The number of nitrogens with zero attached hydrogens (tertiary/aromatic N) is 5. The van der Waals surface area contributed by atoms with Gasteiger partial charge in [-0.2, -0.15) is 0 Å². The molecule has 192 valence electrons. The summed E-state index contributed by atoms with van der Waals surface area (Å²) in [6.07, 6.45) is 1.92. The third-order valence-corrected chi connectivity index (χ3v) is 8.14. The van der Waals surface area contributed by atoms with Crippen molar-refractivity contribution in [2.45, 2.75) is 40.2 Å². The van der Waals surface area contributed by atoms with Crippen molar-refractivity contribution in [2.24, 2.45) is 5.92 Å². The van der Waals surface area contributed by atoms with Crippen LogP contribution in [0.3, 0.4) is 0 Å². The summed E-state index contributed by atoms with van der Waals surface area (Å²) >= 11 is 1.84. The van der Waals surface area contributed by atoms with Crippen LogP contribution in [0.5, 0.6) is 5.75 Å². The van der Waals surface area contributed by atoms with E-state index < -0.39 is 0 Å². The highest BCUT2D eigenvalue weighted by atomic mass is 32.1. The predicted molar refractivity (Wildman–Crippen MR) is 146 cm³/mol. The van der Waals surface area contributed by atoms with E-state index in [2.05, 4.69) is 35.9 Å². The molecule has 4 heterocycles. The second-order valence-corrected chi connectivity index (χ2v) is 11.1. The first-order valence-electron chi connectivity index (χ1n) is 12.9. The van der Waals surface area contributed by atoms with Crippen LogP contribution in [0.15, 0.2) is 24.3 Å². The number of rotatable bonds is 6. The number of nitrogens with one attached hydrogen (secondary N) is 1. The number of fused-ring (bicyclic) bond motifs is 3. The summed E-state index contributed by atoms with van der Waals surface area (Å²) in [6, 6.07) is 7.38. The van der Waals surface area contributed by atoms with Crippen LogP contribution >= 0.6 is 11.3 Å². The third-order valence-electron chi connectivity index (χ3n) is 7.03. The smallest absolute Gasteiger partial charge is 0.321 e. The highest BCUT2D eigenvalue weighted by molar-refractivity contribution is 7.19. The van der Waals surface area contributed by atoms with Crippen LogP contribution in [0.1, 0.15) is 37.0 Å². The Morgan fingerprint density at radius 3 is 2.69 bits per heavy atom. The minimum Gasteiger partial charge on any atom is -0.497 e. The first-order chi connectivity index (χ1) is 17.4. The fourth-order valence-corrected chi connectivity index (χ4v) is 6.33. The molecule has 5 rings (SSSR count). The second-order valence-electron chi connectivity index (χ2n) is 10.0. The number of hydrogen-bond acceptors (Lipinski definition) is 7. The van der Waals surface area contributed by atoms with Crippen molar-refractivity contribution in [2.75, 3.05) is 56.6 Å². The Kier molecular flexibility index (Phi) is 7.29. The molecule has 2 amide bonds. The molecule has 2 aliphatic heterocycles. The number of methoxy groups -OCH3 is 1. The SMILES string of the molecule is CCN1CCc2c(sc3nc(CC(C)C)nc(N4CCN(C(=O)Nc5cccc(OC)c5)CC4)c23)C1. The average Bonchev–Trinajstić information content (AvgIpc) is 3.25. The van der Waals surface area contributed by atoms with E-state index in [1.807, 2.05) is 40.5 Å². The predicted octanol–water partition coefficient (Wildman–Crippen LogP) is 4.63. The Bertz CT molecular complexity index is 1230. The molecule has 3 aromatic rings. The molecule has 9 heteroatoms. The number of amides is 2. The second kappa shape index (κ2) is 10.6. The van der Waals surface area contributed by atoms with Gasteiger partial charge < -0.3 is 19.9 Å². The average molecular weight is 509 g/mol. The van der Waals surface area contributed by atoms with Crippen LogP contribution in [-0.4, -0.2) is 72.2 Å². The molecule has 0 saturated carbocycles. The van der Waals surface area contributed by atoms with Crippen LogP contribution in [0.2, 0.25) is 0 Å². The van der Waals surface area contributed by atoms with E-state index in [1.54, 1.807) is 7.11 Å². The number of thiophene rings is 1. The third kappa shape index (κ3) is 5.13. The molecule has 1 N–H and O–H groups in total. The topological polar surface area (TPSA) is 73.8 Å². The van der Waals surface area contributed by atoms with Gasteiger partial charge in [-0.3, -0.25) is 4.90 Å². The van der Waals surface area contributed by atoms with Gasteiger partial charge in [-0.25, -0.2) is 14.8 Å². The first kappa shape index (κ1) is 24.8. The van der Waals surface area contributed by atoms with E-state index in [9.17, 15) is 4.79 Å². The first-order valence-corrected chi connectivity index (χ1v) is 13.7. The molecular formula is C27H36N6O2S. The zero-order chi connectivity index (χ0) is 25.2. The van der Waals surface area contributed by atoms with Crippen LogP contribution in [0.4, 0.5) is 16.3 Å². The fourth-order valence-electron chi connectivity index (χ4n) is 5.05. The van der Waals surface area contributed by atoms with Crippen molar-refractivity contribution in [3.63, 3.8) is 0 Å².